The normalized spacial score (nSPS) is 12.6. The first-order chi connectivity index (χ1) is 13.8. The van der Waals surface area contributed by atoms with Crippen molar-refractivity contribution in [1.29, 1.82) is 0 Å². The van der Waals surface area contributed by atoms with E-state index >= 15 is 0 Å². The van der Waals surface area contributed by atoms with Gasteiger partial charge in [-0.25, -0.2) is 4.68 Å². The van der Waals surface area contributed by atoms with Gasteiger partial charge in [0.1, 0.15) is 10.6 Å². The molecule has 0 spiro atoms. The lowest BCUT2D eigenvalue weighted by molar-refractivity contribution is 0.174. The van der Waals surface area contributed by atoms with Gasteiger partial charge in [0.05, 0.1) is 5.39 Å². The average Bonchev–Trinajstić information content (AvgIpc) is 3.46. The molecule has 5 rings (SSSR count). The highest BCUT2D eigenvalue weighted by molar-refractivity contribution is 7.18. The zero-order valence-electron chi connectivity index (χ0n) is 15.4. The van der Waals surface area contributed by atoms with Gasteiger partial charge in [-0.05, 0) is 42.7 Å². The van der Waals surface area contributed by atoms with Crippen molar-refractivity contribution in [2.24, 2.45) is 0 Å². The minimum absolute atomic E-state index is 0.296. The Labute approximate surface area is 166 Å². The Morgan fingerprint density at radius 3 is 2.96 bits per heavy atom. The molecular weight excluding hydrogens is 374 g/mol. The van der Waals surface area contributed by atoms with Crippen LogP contribution in [0.15, 0.2) is 42.7 Å². The van der Waals surface area contributed by atoms with Crippen molar-refractivity contribution in [2.75, 3.05) is 18.7 Å². The number of fused-ring (bicyclic) bond motifs is 2. The Morgan fingerprint density at radius 1 is 1.18 bits per heavy atom. The van der Waals surface area contributed by atoms with Crippen LogP contribution in [0.25, 0.3) is 16.2 Å². The van der Waals surface area contributed by atoms with Crippen molar-refractivity contribution in [3.05, 3.63) is 53.2 Å². The van der Waals surface area contributed by atoms with Crippen LogP contribution in [0.4, 0.5) is 5.82 Å². The fourth-order valence-corrected chi connectivity index (χ4v) is 4.14. The standard InChI is InChI=1S/C20H19N5O2S/c1-2-14-11-15-18(23-20(24-19(15)28-14)25-9-3-7-22-25)21-8-6-13-4-5-16-17(10-13)27-12-26-16/h3-5,7,9-11H,2,6,8,12H2,1H3,(H,21,23,24). The SMILES string of the molecule is CCc1cc2c(NCCc3ccc4c(c3)OCO4)nc(-n3cccn3)nc2s1. The number of aryl methyl sites for hydroxylation is 1. The number of anilines is 1. The predicted octanol–water partition coefficient (Wildman–Crippen LogP) is 3.82. The summed E-state index contributed by atoms with van der Waals surface area (Å²) >= 11 is 1.70. The molecule has 0 saturated carbocycles. The number of hydrogen-bond acceptors (Lipinski definition) is 7. The van der Waals surface area contributed by atoms with Gasteiger partial charge in [-0.2, -0.15) is 15.1 Å². The molecule has 1 aliphatic heterocycles. The molecule has 0 saturated heterocycles. The van der Waals surface area contributed by atoms with Gasteiger partial charge in [0.15, 0.2) is 11.5 Å². The Kier molecular flexibility index (Phi) is 4.32. The zero-order chi connectivity index (χ0) is 18.9. The molecule has 4 aromatic rings. The molecule has 0 fully saturated rings. The Morgan fingerprint density at radius 2 is 2.11 bits per heavy atom. The number of nitrogens with zero attached hydrogens (tertiary/aromatic N) is 4. The second kappa shape index (κ2) is 7.12. The molecule has 3 aromatic heterocycles. The topological polar surface area (TPSA) is 74.1 Å². The van der Waals surface area contributed by atoms with Crippen LogP contribution < -0.4 is 14.8 Å². The third-order valence-electron chi connectivity index (χ3n) is 4.63. The number of rotatable bonds is 6. The predicted molar refractivity (Wildman–Crippen MR) is 109 cm³/mol. The van der Waals surface area contributed by atoms with Crippen LogP contribution in [0.3, 0.4) is 0 Å². The van der Waals surface area contributed by atoms with E-state index in [1.807, 2.05) is 24.4 Å². The average molecular weight is 393 g/mol. The summed E-state index contributed by atoms with van der Waals surface area (Å²) in [6.45, 7) is 3.20. The number of thiophene rings is 1. The van der Waals surface area contributed by atoms with E-state index in [0.29, 0.717) is 12.7 Å². The summed E-state index contributed by atoms with van der Waals surface area (Å²) in [6.07, 6.45) is 5.41. The summed E-state index contributed by atoms with van der Waals surface area (Å²) in [5.41, 5.74) is 1.19. The third-order valence-corrected chi connectivity index (χ3v) is 5.81. The van der Waals surface area contributed by atoms with Crippen LogP contribution in [-0.2, 0) is 12.8 Å². The monoisotopic (exact) mass is 393 g/mol. The maximum atomic E-state index is 5.46. The molecule has 0 amide bonds. The smallest absolute Gasteiger partial charge is 0.253 e. The molecule has 28 heavy (non-hydrogen) atoms. The summed E-state index contributed by atoms with van der Waals surface area (Å²) < 4.78 is 12.5. The fourth-order valence-electron chi connectivity index (χ4n) is 3.18. The number of ether oxygens (including phenoxy) is 2. The van der Waals surface area contributed by atoms with Gasteiger partial charge < -0.3 is 14.8 Å². The van der Waals surface area contributed by atoms with Crippen LogP contribution in [0.1, 0.15) is 17.4 Å². The first-order valence-corrected chi connectivity index (χ1v) is 10.0. The highest BCUT2D eigenvalue weighted by Gasteiger charge is 2.14. The molecular formula is C20H19N5O2S. The lowest BCUT2D eigenvalue weighted by atomic mass is 10.1. The van der Waals surface area contributed by atoms with Crippen molar-refractivity contribution in [1.82, 2.24) is 19.7 Å². The molecule has 1 N–H and O–H groups in total. The van der Waals surface area contributed by atoms with E-state index in [2.05, 4.69) is 34.5 Å². The number of aromatic nitrogens is 4. The summed E-state index contributed by atoms with van der Waals surface area (Å²) in [5.74, 6) is 3.04. The van der Waals surface area contributed by atoms with E-state index in [1.165, 1.54) is 10.4 Å². The maximum Gasteiger partial charge on any atom is 0.253 e. The Hall–Kier alpha value is -3.13. The van der Waals surface area contributed by atoms with Gasteiger partial charge in [-0.15, -0.1) is 11.3 Å². The lowest BCUT2D eigenvalue weighted by Crippen LogP contribution is -2.09. The van der Waals surface area contributed by atoms with E-state index in [1.54, 1.807) is 22.2 Å². The van der Waals surface area contributed by atoms with Gasteiger partial charge in [0.25, 0.3) is 5.95 Å². The minimum Gasteiger partial charge on any atom is -0.454 e. The van der Waals surface area contributed by atoms with Gasteiger partial charge in [-0.3, -0.25) is 0 Å². The number of nitrogens with one attached hydrogen (secondary N) is 1. The fraction of sp³-hybridized carbons (Fsp3) is 0.250. The van der Waals surface area contributed by atoms with Crippen LogP contribution in [0.2, 0.25) is 0 Å². The molecule has 8 heteroatoms. The van der Waals surface area contributed by atoms with E-state index in [-0.39, 0.29) is 0 Å². The summed E-state index contributed by atoms with van der Waals surface area (Å²) in [5, 5.41) is 8.81. The van der Waals surface area contributed by atoms with Crippen molar-refractivity contribution < 1.29 is 9.47 Å². The third kappa shape index (κ3) is 3.16. The van der Waals surface area contributed by atoms with Crippen LogP contribution in [0.5, 0.6) is 11.5 Å². The molecule has 0 aliphatic carbocycles. The first-order valence-electron chi connectivity index (χ1n) is 9.23. The first kappa shape index (κ1) is 17.0. The van der Waals surface area contributed by atoms with Crippen molar-refractivity contribution >= 4 is 27.4 Å². The molecule has 0 radical (unpaired) electrons. The second-order valence-corrected chi connectivity index (χ2v) is 7.59. The molecule has 0 atom stereocenters. The quantitative estimate of drug-likeness (QED) is 0.537. The van der Waals surface area contributed by atoms with Crippen molar-refractivity contribution in [3.8, 4) is 17.4 Å². The van der Waals surface area contributed by atoms with Gasteiger partial charge in [-0.1, -0.05) is 13.0 Å². The van der Waals surface area contributed by atoms with Gasteiger partial charge in [0.2, 0.25) is 6.79 Å². The zero-order valence-corrected chi connectivity index (χ0v) is 16.2. The Balaban J connectivity index is 1.40. The van der Waals surface area contributed by atoms with Gasteiger partial charge in [0, 0.05) is 23.8 Å². The Bertz CT molecular complexity index is 1120. The van der Waals surface area contributed by atoms with E-state index in [0.717, 1.165) is 46.9 Å². The van der Waals surface area contributed by atoms with Gasteiger partial charge >= 0.3 is 0 Å². The van der Waals surface area contributed by atoms with Crippen molar-refractivity contribution in [2.45, 2.75) is 19.8 Å². The van der Waals surface area contributed by atoms with Crippen LogP contribution in [0, 0.1) is 0 Å². The summed E-state index contributed by atoms with van der Waals surface area (Å²) in [7, 11) is 0. The molecule has 7 nitrogen and oxygen atoms in total. The molecule has 1 aliphatic rings. The minimum atomic E-state index is 0.296. The van der Waals surface area contributed by atoms with E-state index in [9.17, 15) is 0 Å². The molecule has 142 valence electrons. The van der Waals surface area contributed by atoms with Crippen LogP contribution in [-0.4, -0.2) is 33.1 Å². The molecule has 4 heterocycles. The van der Waals surface area contributed by atoms with Crippen molar-refractivity contribution in [3.63, 3.8) is 0 Å². The summed E-state index contributed by atoms with van der Waals surface area (Å²) in [6, 6.07) is 10.1. The highest BCUT2D eigenvalue weighted by atomic mass is 32.1. The summed E-state index contributed by atoms with van der Waals surface area (Å²) in [4.78, 5) is 11.7. The lowest BCUT2D eigenvalue weighted by Gasteiger charge is -2.09. The number of benzene rings is 1. The molecule has 1 aromatic carbocycles. The maximum absolute atomic E-state index is 5.46. The van der Waals surface area contributed by atoms with Crippen LogP contribution >= 0.6 is 11.3 Å². The van der Waals surface area contributed by atoms with E-state index < -0.39 is 0 Å². The largest absolute Gasteiger partial charge is 0.454 e. The number of hydrogen-bond donors (Lipinski definition) is 1. The molecule has 0 bridgehead atoms. The molecule has 0 unspecified atom stereocenters. The second-order valence-electron chi connectivity index (χ2n) is 6.47. The highest BCUT2D eigenvalue weighted by Crippen LogP contribution is 2.33. The van der Waals surface area contributed by atoms with E-state index in [4.69, 9.17) is 14.5 Å².